The average molecular weight is 1650 g/mol. The first-order valence-electron chi connectivity index (χ1n) is 29.5. The Morgan fingerprint density at radius 3 is 1.50 bits per heavy atom. The molecule has 0 aliphatic rings. The zero-order valence-electron chi connectivity index (χ0n) is 54.6. The van der Waals surface area contributed by atoms with Crippen LogP contribution in [0.5, 0.6) is 0 Å². The number of amides is 4. The highest BCUT2D eigenvalue weighted by molar-refractivity contribution is 7.90. The maximum Gasteiger partial charge on any atom is 0.450 e. The molecule has 0 saturated carbocycles. The number of hydrogen-bond acceptors (Lipinski definition) is 18. The number of aromatic nitrogens is 2. The van der Waals surface area contributed by atoms with Gasteiger partial charge in [-0.2, -0.15) is 13.2 Å². The van der Waals surface area contributed by atoms with Crippen molar-refractivity contribution in [2.45, 2.75) is 65.8 Å². The van der Waals surface area contributed by atoms with Crippen molar-refractivity contribution >= 4 is 167 Å². The lowest BCUT2D eigenvalue weighted by Gasteiger charge is -2.13. The maximum absolute atomic E-state index is 13.4. The van der Waals surface area contributed by atoms with E-state index in [9.17, 15) is 66.0 Å². The summed E-state index contributed by atoms with van der Waals surface area (Å²) in [4.78, 5) is 58.2. The van der Waals surface area contributed by atoms with Gasteiger partial charge in [-0.25, -0.2) is 64.2 Å². The van der Waals surface area contributed by atoms with Crippen molar-refractivity contribution in [1.29, 1.82) is 0 Å². The van der Waals surface area contributed by atoms with E-state index < -0.39 is 74.3 Å². The molecule has 11 rings (SSSR count). The first kappa shape index (κ1) is 81.8. The van der Waals surface area contributed by atoms with Crippen molar-refractivity contribution in [1.82, 2.24) is 9.97 Å². The zero-order valence-corrected chi connectivity index (χ0v) is 63.3. The van der Waals surface area contributed by atoms with E-state index in [0.717, 1.165) is 23.8 Å². The minimum atomic E-state index is -4.96. The van der Waals surface area contributed by atoms with Crippen LogP contribution in [0.1, 0.15) is 84.6 Å². The van der Waals surface area contributed by atoms with Crippen LogP contribution in [-0.4, -0.2) is 67.3 Å². The second kappa shape index (κ2) is 33.3. The molecular formula is C67H56Cl5F3N10O14S6. The lowest BCUT2D eigenvalue weighted by molar-refractivity contribution is -0.153. The predicted octanol–water partition coefficient (Wildman–Crippen LogP) is 15.6. The van der Waals surface area contributed by atoms with Gasteiger partial charge in [-0.3, -0.25) is 19.2 Å². The molecule has 4 heterocycles. The highest BCUT2D eigenvalue weighted by Crippen LogP contribution is 2.40. The number of nitrogens with one attached hydrogen (secondary N) is 4. The molecule has 0 spiro atoms. The molecule has 4 amide bonds. The second-order valence-electron chi connectivity index (χ2n) is 23.0. The van der Waals surface area contributed by atoms with Crippen molar-refractivity contribution in [3.05, 3.63) is 245 Å². The minimum absolute atomic E-state index is 0.0606. The van der Waals surface area contributed by atoms with Crippen molar-refractivity contribution in [2.75, 3.05) is 21.3 Å². The number of carbonyl (C=O) groups is 4. The molecule has 0 aliphatic carbocycles. The summed E-state index contributed by atoms with van der Waals surface area (Å²) in [5, 5.41) is 34.7. The number of anilines is 4. The Hall–Kier alpha value is -8.88. The van der Waals surface area contributed by atoms with Crippen LogP contribution >= 0.6 is 80.7 Å². The number of rotatable bonds is 15. The minimum Gasteiger partial charge on any atom is -0.465 e. The monoisotopic (exact) mass is 1650 g/mol. The van der Waals surface area contributed by atoms with Crippen LogP contribution in [0.3, 0.4) is 0 Å². The van der Waals surface area contributed by atoms with Crippen LogP contribution < -0.4 is 41.8 Å². The Bertz CT molecular complexity index is 5640. The Kier molecular flexibility index (Phi) is 25.9. The smallest absolute Gasteiger partial charge is 0.450 e. The van der Waals surface area contributed by atoms with Crippen LogP contribution in [0, 0.1) is 13.8 Å². The van der Waals surface area contributed by atoms with Gasteiger partial charge in [0.05, 0.1) is 46.6 Å². The Morgan fingerprint density at radius 2 is 0.990 bits per heavy atom. The van der Waals surface area contributed by atoms with Gasteiger partial charge in [-0.1, -0.05) is 133 Å². The summed E-state index contributed by atoms with van der Waals surface area (Å²) < 4.78 is 142. The van der Waals surface area contributed by atoms with Crippen LogP contribution in [-0.2, 0) is 51.7 Å². The summed E-state index contributed by atoms with van der Waals surface area (Å²) in [6.45, 7) is 9.42. The fourth-order valence-electron chi connectivity index (χ4n) is 8.96. The maximum atomic E-state index is 13.4. The van der Waals surface area contributed by atoms with Crippen LogP contribution in [0.25, 0.3) is 32.5 Å². The third kappa shape index (κ3) is 22.1. The van der Waals surface area contributed by atoms with Crippen molar-refractivity contribution < 1.29 is 74.9 Å². The molecular weight excluding hydrogens is 1600 g/mol. The Labute approximate surface area is 632 Å². The van der Waals surface area contributed by atoms with E-state index in [2.05, 4.69) is 31.2 Å². The second-order valence-corrected chi connectivity index (χ2v) is 33.1. The molecule has 38 heteroatoms. The van der Waals surface area contributed by atoms with E-state index in [1.54, 1.807) is 73.8 Å². The number of halogens is 8. The lowest BCUT2D eigenvalue weighted by atomic mass is 9.93. The molecule has 24 nitrogen and oxygen atoms in total. The first-order chi connectivity index (χ1) is 48.8. The number of furan rings is 2. The third-order valence-electron chi connectivity index (χ3n) is 14.0. The molecule has 0 unspecified atom stereocenters. The summed E-state index contributed by atoms with van der Waals surface area (Å²) in [6.07, 6.45) is -4.96. The lowest BCUT2D eigenvalue weighted by Crippen LogP contribution is -2.18. The number of benzene rings is 7. The van der Waals surface area contributed by atoms with Gasteiger partial charge in [0.2, 0.25) is 45.9 Å². The van der Waals surface area contributed by atoms with Gasteiger partial charge in [0, 0.05) is 60.3 Å². The summed E-state index contributed by atoms with van der Waals surface area (Å²) in [7, 11) is -15.7. The van der Waals surface area contributed by atoms with Gasteiger partial charge in [0.25, 0.3) is 23.6 Å². The fraction of sp³-hybridized carbons (Fsp3) is 0.104. The van der Waals surface area contributed by atoms with E-state index in [4.69, 9.17) is 87.4 Å². The largest absolute Gasteiger partial charge is 0.465 e. The number of hydrogen-bond donors (Lipinski definition) is 8. The summed E-state index contributed by atoms with van der Waals surface area (Å²) in [5.74, 6) is -2.93. The van der Waals surface area contributed by atoms with E-state index >= 15 is 0 Å². The number of primary sulfonamides is 4. The molecule has 550 valence electrons. The van der Waals surface area contributed by atoms with Gasteiger partial charge in [0.15, 0.2) is 0 Å². The van der Waals surface area contributed by atoms with Gasteiger partial charge >= 0.3 is 6.18 Å². The first-order valence-corrected chi connectivity index (χ1v) is 39.3. The molecule has 0 atom stereocenters. The molecule has 105 heavy (non-hydrogen) atoms. The van der Waals surface area contributed by atoms with Crippen molar-refractivity contribution in [3.63, 3.8) is 0 Å². The number of thiazole rings is 2. The average Bonchev–Trinajstić information content (AvgIpc) is 1.66. The van der Waals surface area contributed by atoms with Crippen LogP contribution in [0.15, 0.2) is 204 Å². The predicted molar refractivity (Wildman–Crippen MR) is 399 cm³/mol. The van der Waals surface area contributed by atoms with Crippen molar-refractivity contribution in [2.24, 2.45) is 20.6 Å². The van der Waals surface area contributed by atoms with Crippen molar-refractivity contribution in [3.8, 4) is 32.5 Å². The molecule has 0 aliphatic heterocycles. The van der Waals surface area contributed by atoms with E-state index in [1.807, 2.05) is 32.9 Å². The molecule has 4 aromatic heterocycles. The Balaban J connectivity index is 0.000000178. The molecule has 0 radical (unpaired) electrons. The van der Waals surface area contributed by atoms with E-state index in [-0.39, 0.29) is 70.4 Å². The highest BCUT2D eigenvalue weighted by Gasteiger charge is 2.41. The number of carbonyl (C=O) groups excluding carboxylic acids is 4. The molecule has 0 bridgehead atoms. The SMILES string of the molecule is Cc1nc(-c2ccc(Cl)cc2)sc1C(=O)Nc1cccc(S(N)(=O)=O)c1.Cc1oc(C(C)(C)C)cc1C(=O)Nc1cccc(S(N)(=O)=O)c1.NS(=O)(=O)c1cc(NC(=O)c2cc(-c3cccc(Cl)c3)oc2C(F)(F)F)ccc1Cl.NS(=O)(=O)c1cccc(NC(=O)c2csc(-c3cccc(Cl)c3Cl)n2)c1. The van der Waals surface area contributed by atoms with Gasteiger partial charge in [-0.15, -0.1) is 22.7 Å². The molecule has 12 N–H and O–H groups in total. The number of sulfonamides is 4. The van der Waals surface area contributed by atoms with Gasteiger partial charge in [-0.05, 0) is 129 Å². The standard InChI is InChI=1S/C18H11Cl2F3N2O4S.C17H14ClN3O3S2.C16H11Cl2N3O3S2.C16H20N2O4S/c19-10-3-1-2-9(6-10)14-8-12(16(29-14)18(21,22)23)17(26)25-11-4-5-13(20)15(7-11)30(24,27)28;1-10-15(25-17(20-10)11-5-7-12(18)8-6-11)16(22)21-13-3-2-4-14(9-13)26(19,23)24;17-12-6-2-5-11(14(12)18)16-21-13(8-25-16)15(22)20-9-3-1-4-10(7-9)26(19,23)24;1-10-13(9-14(22-10)16(2,3)4)15(19)18-11-6-5-7-12(8-11)23(17,20)21/h1-8H,(H,25,26)(H2,24,27,28);2-9H,1H3,(H,21,22)(H2,19,23,24);1-8H,(H,20,22)(H2,19,23,24);5-9H,1-4H3,(H,18,19)(H2,17,20,21). The zero-order chi connectivity index (χ0) is 77.5. The topological polar surface area (TPSA) is 409 Å². The van der Waals surface area contributed by atoms with E-state index in [0.29, 0.717) is 69.7 Å². The van der Waals surface area contributed by atoms with Crippen LogP contribution in [0.4, 0.5) is 35.9 Å². The number of nitrogens with zero attached hydrogens (tertiary/aromatic N) is 2. The molecule has 7 aromatic carbocycles. The van der Waals surface area contributed by atoms with Gasteiger partial charge in [0.1, 0.15) is 42.8 Å². The number of nitrogens with two attached hydrogens (primary N) is 4. The Morgan fingerprint density at radius 1 is 0.486 bits per heavy atom. The van der Waals surface area contributed by atoms with E-state index in [1.165, 1.54) is 108 Å². The highest BCUT2D eigenvalue weighted by atomic mass is 35.5. The quantitative estimate of drug-likeness (QED) is 0.0473. The number of alkyl halides is 3. The molecule has 0 fully saturated rings. The number of aryl methyl sites for hydroxylation is 2. The summed E-state index contributed by atoms with van der Waals surface area (Å²) in [6, 6.07) is 41.3. The molecule has 11 aromatic rings. The van der Waals surface area contributed by atoms with Crippen LogP contribution in [0.2, 0.25) is 25.1 Å². The third-order valence-corrected chi connectivity index (χ3v) is 21.5. The normalized spacial score (nSPS) is 11.7. The summed E-state index contributed by atoms with van der Waals surface area (Å²) in [5.41, 5.74) is 2.71. The van der Waals surface area contributed by atoms with Gasteiger partial charge < -0.3 is 30.1 Å². The summed E-state index contributed by atoms with van der Waals surface area (Å²) >= 11 is 32.2. The fourth-order valence-corrected chi connectivity index (χ4v) is 14.3. The molecule has 0 saturated heterocycles.